The normalized spacial score (nSPS) is 17.3. The van der Waals surface area contributed by atoms with E-state index in [4.69, 9.17) is 25.8 Å². The number of carbonyl (C=O) groups excluding carboxylic acids is 3. The summed E-state index contributed by atoms with van der Waals surface area (Å²) < 4.78 is 16.4. The number of rotatable bonds is 13. The molecular weight excluding hydrogens is 536 g/mol. The van der Waals surface area contributed by atoms with Crippen LogP contribution in [0.25, 0.3) is 0 Å². The van der Waals surface area contributed by atoms with Crippen LogP contribution in [0, 0.1) is 0 Å². The number of halogens is 1. The van der Waals surface area contributed by atoms with Gasteiger partial charge in [-0.2, -0.15) is 0 Å². The van der Waals surface area contributed by atoms with E-state index in [2.05, 4.69) is 25.6 Å². The monoisotopic (exact) mass is 570 g/mol. The minimum absolute atomic E-state index is 0.0183. The van der Waals surface area contributed by atoms with E-state index in [0.717, 1.165) is 11.3 Å². The Morgan fingerprint density at radius 3 is 2.58 bits per heavy atom. The topological polar surface area (TPSA) is 148 Å². The molecule has 2 atom stereocenters. The van der Waals surface area contributed by atoms with E-state index in [0.29, 0.717) is 63.1 Å². The number of carbonyl (C=O) groups is 3. The fourth-order valence-corrected chi connectivity index (χ4v) is 5.26. The van der Waals surface area contributed by atoms with E-state index in [1.54, 1.807) is 6.92 Å². The minimum atomic E-state index is -0.599. The maximum absolute atomic E-state index is 12.8. The number of aromatic amines is 1. The Morgan fingerprint density at radius 2 is 1.92 bits per heavy atom. The number of H-pyrrole nitrogens is 1. The number of ether oxygens (including phenoxy) is 3. The van der Waals surface area contributed by atoms with Crippen molar-refractivity contribution in [2.24, 2.45) is 0 Å². The minimum Gasteiger partial charge on any atom is -0.462 e. The molecule has 38 heavy (non-hydrogen) atoms. The first kappa shape index (κ1) is 29.8. The van der Waals surface area contributed by atoms with Gasteiger partial charge in [-0.15, -0.1) is 0 Å². The summed E-state index contributed by atoms with van der Waals surface area (Å²) in [7, 11) is 0. The number of aryl methyl sites for hydroxylation is 1. The standard InChI is InChI=1S/C24H35ClN6O6S/c1-5-14-19(25)30-20(27-14)22(33)28-15-9-11-31(13-16(15)36-7-3)24-29-17(18(38-24)23(34)37-8-4)21(32)26-10-12-35-6-2/h15-16H,5-13H2,1-4H3,(H,26,32)(H,27,30)(H,28,33). The van der Waals surface area contributed by atoms with Crippen molar-refractivity contribution < 1.29 is 28.6 Å². The number of amides is 2. The number of hydrogen-bond donors (Lipinski definition) is 3. The van der Waals surface area contributed by atoms with E-state index < -0.39 is 11.9 Å². The summed E-state index contributed by atoms with van der Waals surface area (Å²) in [4.78, 5) is 51.9. The third kappa shape index (κ3) is 7.43. The predicted octanol–water partition coefficient (Wildman–Crippen LogP) is 2.44. The van der Waals surface area contributed by atoms with Crippen molar-refractivity contribution in [3.05, 3.63) is 27.2 Å². The number of esters is 1. The highest BCUT2D eigenvalue weighted by atomic mass is 35.5. The average Bonchev–Trinajstić information content (AvgIpc) is 3.52. The van der Waals surface area contributed by atoms with Gasteiger partial charge in [0.1, 0.15) is 4.88 Å². The predicted molar refractivity (Wildman–Crippen MR) is 143 cm³/mol. The molecule has 1 fully saturated rings. The fourth-order valence-electron chi connectivity index (χ4n) is 4.00. The highest BCUT2D eigenvalue weighted by molar-refractivity contribution is 7.17. The van der Waals surface area contributed by atoms with Crippen molar-refractivity contribution in [1.82, 2.24) is 25.6 Å². The summed E-state index contributed by atoms with van der Waals surface area (Å²) in [5, 5.41) is 6.52. The molecule has 0 bridgehead atoms. The van der Waals surface area contributed by atoms with Gasteiger partial charge in [-0.05, 0) is 33.6 Å². The summed E-state index contributed by atoms with van der Waals surface area (Å²) in [6.45, 7) is 10.1. The Kier molecular flexibility index (Phi) is 11.3. The quantitative estimate of drug-likeness (QED) is 0.244. The summed E-state index contributed by atoms with van der Waals surface area (Å²) >= 11 is 7.19. The Labute approximate surface area is 230 Å². The molecule has 1 saturated heterocycles. The zero-order valence-corrected chi connectivity index (χ0v) is 23.7. The Morgan fingerprint density at radius 1 is 1.13 bits per heavy atom. The number of anilines is 1. The molecule has 0 aromatic carbocycles. The maximum Gasteiger partial charge on any atom is 0.350 e. The number of aromatic nitrogens is 3. The number of piperidine rings is 1. The van der Waals surface area contributed by atoms with Crippen LogP contribution in [0.4, 0.5) is 5.13 Å². The van der Waals surface area contributed by atoms with Crippen molar-refractivity contribution in [2.45, 2.75) is 52.7 Å². The largest absolute Gasteiger partial charge is 0.462 e. The first-order chi connectivity index (χ1) is 18.3. The van der Waals surface area contributed by atoms with Crippen LogP contribution >= 0.6 is 22.9 Å². The van der Waals surface area contributed by atoms with Crippen molar-refractivity contribution in [1.29, 1.82) is 0 Å². The fraction of sp³-hybridized carbons (Fsp3) is 0.625. The van der Waals surface area contributed by atoms with Crippen LogP contribution in [0.15, 0.2) is 0 Å². The zero-order valence-electron chi connectivity index (χ0n) is 22.1. The van der Waals surface area contributed by atoms with Gasteiger partial charge in [0.2, 0.25) is 0 Å². The lowest BCUT2D eigenvalue weighted by molar-refractivity contribution is 0.0271. The van der Waals surface area contributed by atoms with Crippen LogP contribution in [-0.2, 0) is 20.6 Å². The smallest absolute Gasteiger partial charge is 0.350 e. The van der Waals surface area contributed by atoms with Gasteiger partial charge in [0, 0.05) is 32.8 Å². The van der Waals surface area contributed by atoms with Gasteiger partial charge in [-0.1, -0.05) is 29.9 Å². The molecule has 1 aliphatic rings. The summed E-state index contributed by atoms with van der Waals surface area (Å²) in [5.41, 5.74) is 0.719. The highest BCUT2D eigenvalue weighted by Gasteiger charge is 2.35. The molecule has 2 aromatic rings. The molecule has 0 aliphatic carbocycles. The summed E-state index contributed by atoms with van der Waals surface area (Å²) in [5.74, 6) is -1.27. The highest BCUT2D eigenvalue weighted by Crippen LogP contribution is 2.30. The van der Waals surface area contributed by atoms with Crippen molar-refractivity contribution >= 4 is 45.9 Å². The van der Waals surface area contributed by atoms with Crippen LogP contribution in [0.5, 0.6) is 0 Å². The molecule has 12 nitrogen and oxygen atoms in total. The van der Waals surface area contributed by atoms with Gasteiger partial charge in [0.25, 0.3) is 11.8 Å². The summed E-state index contributed by atoms with van der Waals surface area (Å²) in [6.07, 6.45) is 0.829. The lowest BCUT2D eigenvalue weighted by Crippen LogP contribution is -2.55. The molecular formula is C24H35ClN6O6S. The molecule has 210 valence electrons. The molecule has 0 spiro atoms. The van der Waals surface area contributed by atoms with Gasteiger partial charge in [-0.3, -0.25) is 9.59 Å². The Hall–Kier alpha value is -2.74. The first-order valence-corrected chi connectivity index (χ1v) is 14.0. The van der Waals surface area contributed by atoms with Crippen LogP contribution in [0.2, 0.25) is 5.15 Å². The zero-order chi connectivity index (χ0) is 27.7. The third-order valence-corrected chi connectivity index (χ3v) is 7.26. The molecule has 2 unspecified atom stereocenters. The van der Waals surface area contributed by atoms with Gasteiger partial charge in [0.05, 0.1) is 31.1 Å². The average molecular weight is 571 g/mol. The van der Waals surface area contributed by atoms with E-state index in [-0.39, 0.29) is 46.2 Å². The van der Waals surface area contributed by atoms with Crippen LogP contribution in [-0.4, -0.2) is 90.9 Å². The van der Waals surface area contributed by atoms with Crippen molar-refractivity contribution in [3.8, 4) is 0 Å². The molecule has 2 amide bonds. The number of nitrogens with one attached hydrogen (secondary N) is 3. The molecule has 0 radical (unpaired) electrons. The van der Waals surface area contributed by atoms with Gasteiger partial charge in [0.15, 0.2) is 21.8 Å². The number of imidazole rings is 1. The number of hydrogen-bond acceptors (Lipinski definition) is 10. The molecule has 3 N–H and O–H groups in total. The number of thiazole rings is 1. The van der Waals surface area contributed by atoms with Gasteiger partial charge in [-0.25, -0.2) is 14.8 Å². The van der Waals surface area contributed by atoms with Crippen LogP contribution in [0.1, 0.15) is 70.6 Å². The molecule has 3 rings (SSSR count). The van der Waals surface area contributed by atoms with E-state index >= 15 is 0 Å². The third-order valence-electron chi connectivity index (χ3n) is 5.85. The second-order valence-corrected chi connectivity index (χ2v) is 9.70. The Balaban J connectivity index is 1.75. The van der Waals surface area contributed by atoms with E-state index in [1.165, 1.54) is 0 Å². The molecule has 0 saturated carbocycles. The first-order valence-electron chi connectivity index (χ1n) is 12.8. The molecule has 2 aromatic heterocycles. The molecule has 14 heteroatoms. The Bertz CT molecular complexity index is 1110. The SMILES string of the molecule is CCOCCNC(=O)c1nc(N2CCC(NC(=O)c3nc(Cl)c(CC)[nH]3)C(OCC)C2)sc1C(=O)OCC. The lowest BCUT2D eigenvalue weighted by atomic mass is 10.0. The maximum atomic E-state index is 12.8. The van der Waals surface area contributed by atoms with Crippen molar-refractivity contribution in [2.75, 3.05) is 51.0 Å². The lowest BCUT2D eigenvalue weighted by Gasteiger charge is -2.38. The molecule has 3 heterocycles. The second kappa shape index (κ2) is 14.4. The van der Waals surface area contributed by atoms with Crippen LogP contribution in [0.3, 0.4) is 0 Å². The van der Waals surface area contributed by atoms with Gasteiger partial charge >= 0.3 is 5.97 Å². The van der Waals surface area contributed by atoms with Crippen LogP contribution < -0.4 is 15.5 Å². The van der Waals surface area contributed by atoms with Crippen molar-refractivity contribution in [3.63, 3.8) is 0 Å². The number of nitrogens with zero attached hydrogens (tertiary/aromatic N) is 3. The molecule has 1 aliphatic heterocycles. The van der Waals surface area contributed by atoms with E-state index in [9.17, 15) is 14.4 Å². The summed E-state index contributed by atoms with van der Waals surface area (Å²) in [6, 6.07) is -0.279. The van der Waals surface area contributed by atoms with E-state index in [1.807, 2.05) is 25.7 Å². The van der Waals surface area contributed by atoms with Gasteiger partial charge < -0.3 is 34.7 Å². The second-order valence-electron chi connectivity index (χ2n) is 8.36.